The highest BCUT2D eigenvalue weighted by molar-refractivity contribution is 6.70. The van der Waals surface area contributed by atoms with Crippen LogP contribution in [-0.4, -0.2) is 43.1 Å². The monoisotopic (exact) mass is 368 g/mol. The molecule has 1 heterocycles. The lowest BCUT2D eigenvalue weighted by atomic mass is 9.91. The molecule has 136 valence electrons. The topological polar surface area (TPSA) is 36.9 Å². The van der Waals surface area contributed by atoms with E-state index in [1.807, 2.05) is 30.3 Å². The highest BCUT2D eigenvalue weighted by atomic mass is 28.4. The summed E-state index contributed by atoms with van der Waals surface area (Å²) >= 11 is 0. The van der Waals surface area contributed by atoms with Crippen molar-refractivity contribution < 1.29 is 18.3 Å². The van der Waals surface area contributed by atoms with E-state index in [-0.39, 0.29) is 11.7 Å². The maximum Gasteiger partial charge on any atom is 0.183 e. The molecule has 0 unspecified atom stereocenters. The number of benzene rings is 1. The van der Waals surface area contributed by atoms with Crippen molar-refractivity contribution in [3.8, 4) is 0 Å². The number of hydrogen-bond acceptors (Lipinski definition) is 4. The zero-order valence-corrected chi connectivity index (χ0v) is 17.9. The Kier molecular flexibility index (Phi) is 6.44. The molecule has 4 nitrogen and oxygen atoms in total. The summed E-state index contributed by atoms with van der Waals surface area (Å²) in [5, 5.41) is 0. The molecule has 2 rings (SSSR count). The third kappa shape index (κ3) is 6.42. The van der Waals surface area contributed by atoms with Crippen LogP contribution >= 0.6 is 0 Å². The molecule has 1 saturated heterocycles. The molecule has 0 aliphatic carbocycles. The van der Waals surface area contributed by atoms with E-state index in [9.17, 15) is 0 Å². The molecule has 1 aliphatic rings. The molecule has 1 aliphatic heterocycles. The lowest BCUT2D eigenvalue weighted by Gasteiger charge is -2.42. The van der Waals surface area contributed by atoms with Crippen molar-refractivity contribution in [2.45, 2.75) is 45.6 Å². The lowest BCUT2D eigenvalue weighted by Crippen LogP contribution is -2.49. The summed E-state index contributed by atoms with van der Waals surface area (Å²) in [4.78, 5) is 0. The van der Waals surface area contributed by atoms with Gasteiger partial charge in [-0.3, -0.25) is 0 Å². The van der Waals surface area contributed by atoms with E-state index in [0.717, 1.165) is 5.56 Å². The third-order valence-electron chi connectivity index (χ3n) is 3.78. The SMILES string of the molecule is C[Si](C)(C)OCC1(CO[Si](C)(C)C)COC(c2ccccc2)OC1. The van der Waals surface area contributed by atoms with Gasteiger partial charge >= 0.3 is 0 Å². The molecule has 0 bridgehead atoms. The summed E-state index contributed by atoms with van der Waals surface area (Å²) in [5.74, 6) is 0. The summed E-state index contributed by atoms with van der Waals surface area (Å²) in [5.41, 5.74) is 0.842. The Morgan fingerprint density at radius 2 is 1.33 bits per heavy atom. The molecule has 1 fully saturated rings. The molecule has 6 heteroatoms. The van der Waals surface area contributed by atoms with E-state index in [1.54, 1.807) is 0 Å². The zero-order chi connectivity index (χ0) is 17.8. The van der Waals surface area contributed by atoms with Crippen molar-refractivity contribution in [2.24, 2.45) is 5.41 Å². The number of hydrogen-bond donors (Lipinski definition) is 0. The molecule has 0 aromatic heterocycles. The molecule has 0 N–H and O–H groups in total. The number of ether oxygens (including phenoxy) is 2. The van der Waals surface area contributed by atoms with Gasteiger partial charge in [-0.05, 0) is 39.3 Å². The normalized spacial score (nSPS) is 19.4. The summed E-state index contributed by atoms with van der Waals surface area (Å²) in [6.07, 6.45) is -0.293. The van der Waals surface area contributed by atoms with Gasteiger partial charge < -0.3 is 18.3 Å². The minimum Gasteiger partial charge on any atom is -0.417 e. The van der Waals surface area contributed by atoms with Crippen molar-refractivity contribution in [3.63, 3.8) is 0 Å². The molecular formula is C18H32O4Si2. The minimum atomic E-state index is -1.60. The Bertz CT molecular complexity index is 480. The van der Waals surface area contributed by atoms with E-state index in [1.165, 1.54) is 0 Å². The van der Waals surface area contributed by atoms with Crippen LogP contribution in [0.2, 0.25) is 39.3 Å². The Balaban J connectivity index is 2.02. The van der Waals surface area contributed by atoms with Crippen molar-refractivity contribution in [1.82, 2.24) is 0 Å². The van der Waals surface area contributed by atoms with E-state index in [0.29, 0.717) is 26.4 Å². The smallest absolute Gasteiger partial charge is 0.183 e. The van der Waals surface area contributed by atoms with Crippen LogP contribution < -0.4 is 0 Å². The largest absolute Gasteiger partial charge is 0.417 e. The maximum atomic E-state index is 6.19. The van der Waals surface area contributed by atoms with Crippen LogP contribution in [0.1, 0.15) is 11.9 Å². The Hall–Kier alpha value is -0.506. The molecule has 1 aromatic carbocycles. The van der Waals surface area contributed by atoms with E-state index < -0.39 is 16.6 Å². The van der Waals surface area contributed by atoms with Gasteiger partial charge in [0.2, 0.25) is 0 Å². The predicted octanol–water partition coefficient (Wildman–Crippen LogP) is 4.42. The first-order valence-corrected chi connectivity index (χ1v) is 15.5. The molecule has 1 aromatic rings. The van der Waals surface area contributed by atoms with Gasteiger partial charge in [-0.25, -0.2) is 0 Å². The van der Waals surface area contributed by atoms with Gasteiger partial charge in [0.25, 0.3) is 0 Å². The number of rotatable bonds is 7. The van der Waals surface area contributed by atoms with Crippen LogP contribution in [0.15, 0.2) is 30.3 Å². The first-order chi connectivity index (χ1) is 11.1. The van der Waals surface area contributed by atoms with Crippen LogP contribution in [-0.2, 0) is 18.3 Å². The fraction of sp³-hybridized carbons (Fsp3) is 0.667. The summed E-state index contributed by atoms with van der Waals surface area (Å²) in [6.45, 7) is 15.7. The fourth-order valence-corrected chi connectivity index (χ4v) is 3.82. The van der Waals surface area contributed by atoms with Crippen LogP contribution in [0.5, 0.6) is 0 Å². The quantitative estimate of drug-likeness (QED) is 0.668. The first-order valence-electron chi connectivity index (χ1n) is 8.65. The summed E-state index contributed by atoms with van der Waals surface area (Å²) in [7, 11) is -3.20. The Morgan fingerprint density at radius 1 is 0.875 bits per heavy atom. The molecule has 0 saturated carbocycles. The summed E-state index contributed by atoms with van der Waals surface area (Å²) < 4.78 is 24.5. The van der Waals surface area contributed by atoms with Crippen molar-refractivity contribution in [3.05, 3.63) is 35.9 Å². The van der Waals surface area contributed by atoms with Gasteiger partial charge in [-0.15, -0.1) is 0 Å². The average Bonchev–Trinajstić information content (AvgIpc) is 2.51. The predicted molar refractivity (Wildman–Crippen MR) is 102 cm³/mol. The molecule has 0 atom stereocenters. The zero-order valence-electron chi connectivity index (χ0n) is 15.9. The summed E-state index contributed by atoms with van der Waals surface area (Å²) in [6, 6.07) is 10.1. The molecule has 24 heavy (non-hydrogen) atoms. The second-order valence-corrected chi connectivity index (χ2v) is 17.7. The minimum absolute atomic E-state index is 0.216. The van der Waals surface area contributed by atoms with E-state index in [4.69, 9.17) is 18.3 Å². The highest BCUT2D eigenvalue weighted by Gasteiger charge is 2.40. The first kappa shape index (κ1) is 19.8. The average molecular weight is 369 g/mol. The van der Waals surface area contributed by atoms with Crippen molar-refractivity contribution >= 4 is 16.6 Å². The standard InChI is InChI=1S/C18H32O4Si2/c1-23(2,3)21-14-18(15-22-24(4,5)6)12-19-17(20-13-18)16-10-8-7-9-11-16/h7-11,17H,12-15H2,1-6H3. The van der Waals surface area contributed by atoms with Gasteiger partial charge in [-0.1, -0.05) is 30.3 Å². The molecule has 0 spiro atoms. The second-order valence-electron chi connectivity index (χ2n) is 8.67. The van der Waals surface area contributed by atoms with Crippen LogP contribution in [0.4, 0.5) is 0 Å². The second kappa shape index (κ2) is 7.80. The van der Waals surface area contributed by atoms with Crippen molar-refractivity contribution in [1.29, 1.82) is 0 Å². The van der Waals surface area contributed by atoms with Gasteiger partial charge in [-0.2, -0.15) is 0 Å². The molecule has 0 radical (unpaired) electrons. The van der Waals surface area contributed by atoms with E-state index >= 15 is 0 Å². The molecular weight excluding hydrogens is 336 g/mol. The highest BCUT2D eigenvalue weighted by Crippen LogP contribution is 2.33. The molecule has 0 amide bonds. The van der Waals surface area contributed by atoms with E-state index in [2.05, 4.69) is 39.3 Å². The van der Waals surface area contributed by atoms with Gasteiger partial charge in [0, 0.05) is 18.8 Å². The van der Waals surface area contributed by atoms with Gasteiger partial charge in [0.1, 0.15) is 0 Å². The Morgan fingerprint density at radius 3 is 1.75 bits per heavy atom. The third-order valence-corrected chi connectivity index (χ3v) is 5.80. The fourth-order valence-electron chi connectivity index (χ4n) is 2.34. The van der Waals surface area contributed by atoms with Crippen LogP contribution in [0, 0.1) is 5.41 Å². The van der Waals surface area contributed by atoms with Gasteiger partial charge in [0.15, 0.2) is 22.9 Å². The maximum absolute atomic E-state index is 6.19. The lowest BCUT2D eigenvalue weighted by molar-refractivity contribution is -0.245. The van der Waals surface area contributed by atoms with Crippen LogP contribution in [0.25, 0.3) is 0 Å². The van der Waals surface area contributed by atoms with Crippen molar-refractivity contribution in [2.75, 3.05) is 26.4 Å². The van der Waals surface area contributed by atoms with Gasteiger partial charge in [0.05, 0.1) is 18.6 Å². The van der Waals surface area contributed by atoms with Crippen LogP contribution in [0.3, 0.4) is 0 Å². The Labute approximate surface area is 148 Å².